The third-order valence-corrected chi connectivity index (χ3v) is 1.24. The fourth-order valence-electron chi connectivity index (χ4n) is 0.747. The quantitative estimate of drug-likeness (QED) is 0.584. The van der Waals surface area contributed by atoms with Crippen LogP contribution >= 0.6 is 0 Å². The zero-order valence-corrected chi connectivity index (χ0v) is 5.60. The first kappa shape index (κ1) is 7.00. The van der Waals surface area contributed by atoms with Crippen LogP contribution in [0.15, 0.2) is 30.8 Å². The molecule has 1 heteroatoms. The van der Waals surface area contributed by atoms with Crippen molar-refractivity contribution < 1.29 is 4.39 Å². The molecule has 51 valence electrons. The maximum Gasteiger partial charge on any atom is 0.123 e. The van der Waals surface area contributed by atoms with Crippen LogP contribution in [0.2, 0.25) is 0 Å². The van der Waals surface area contributed by atoms with E-state index in [0.717, 1.165) is 5.56 Å². The third kappa shape index (κ3) is 1.69. The molecule has 0 aromatic heterocycles. The van der Waals surface area contributed by atoms with Crippen LogP contribution in [0.25, 0.3) is 0 Å². The van der Waals surface area contributed by atoms with Gasteiger partial charge in [-0.3, -0.25) is 0 Å². The van der Waals surface area contributed by atoms with E-state index < -0.39 is 0 Å². The molecule has 0 aliphatic carbocycles. The summed E-state index contributed by atoms with van der Waals surface area (Å²) in [7, 11) is 0. The highest BCUT2D eigenvalue weighted by Gasteiger charge is 1.89. The van der Waals surface area contributed by atoms with Crippen molar-refractivity contribution in [1.29, 1.82) is 0 Å². The molecule has 1 aromatic carbocycles. The molecule has 0 nitrogen and oxygen atoms in total. The van der Waals surface area contributed by atoms with Crippen molar-refractivity contribution in [3.8, 4) is 0 Å². The summed E-state index contributed by atoms with van der Waals surface area (Å²) in [5.74, 6) is -0.201. The van der Waals surface area contributed by atoms with Gasteiger partial charge >= 0.3 is 0 Å². The molecule has 0 saturated carbocycles. The van der Waals surface area contributed by atoms with Crippen molar-refractivity contribution >= 4 is 0 Å². The van der Waals surface area contributed by atoms with Gasteiger partial charge in [0.05, 0.1) is 0 Å². The van der Waals surface area contributed by atoms with Crippen molar-refractivity contribution in [2.45, 2.75) is 6.42 Å². The zero-order chi connectivity index (χ0) is 7.40. The average molecular weight is 135 g/mol. The molecule has 0 atom stereocenters. The topological polar surface area (TPSA) is 0 Å². The number of benzene rings is 1. The Morgan fingerprint density at radius 2 is 1.90 bits per heavy atom. The Morgan fingerprint density at radius 3 is 2.40 bits per heavy atom. The molecule has 0 N–H and O–H groups in total. The molecule has 10 heavy (non-hydrogen) atoms. The molecule has 1 radical (unpaired) electrons. The van der Waals surface area contributed by atoms with Crippen LogP contribution in [0.3, 0.4) is 0 Å². The van der Waals surface area contributed by atoms with Gasteiger partial charge in [0.25, 0.3) is 0 Å². The molecule has 0 fully saturated rings. The summed E-state index contributed by atoms with van der Waals surface area (Å²) < 4.78 is 12.3. The molecule has 1 rings (SSSR count). The van der Waals surface area contributed by atoms with Gasteiger partial charge < -0.3 is 0 Å². The van der Waals surface area contributed by atoms with E-state index in [9.17, 15) is 4.39 Å². The Morgan fingerprint density at radius 1 is 1.30 bits per heavy atom. The molecule has 0 bridgehead atoms. The highest BCUT2D eigenvalue weighted by Crippen LogP contribution is 2.02. The van der Waals surface area contributed by atoms with Gasteiger partial charge in [-0.1, -0.05) is 18.7 Å². The fraction of sp³-hybridized carbons (Fsp3) is 0.111. The average Bonchev–Trinajstić information content (AvgIpc) is 1.95. The first-order chi connectivity index (χ1) is 4.83. The van der Waals surface area contributed by atoms with Gasteiger partial charge in [-0.25, -0.2) is 4.39 Å². The molecule has 1 aromatic rings. The minimum Gasteiger partial charge on any atom is -0.207 e. The van der Waals surface area contributed by atoms with Crippen molar-refractivity contribution in [1.82, 2.24) is 0 Å². The molecule has 0 spiro atoms. The zero-order valence-electron chi connectivity index (χ0n) is 5.60. The van der Waals surface area contributed by atoms with E-state index in [1.54, 1.807) is 12.1 Å². The lowest BCUT2D eigenvalue weighted by Crippen LogP contribution is -1.80. The molecule has 0 unspecified atom stereocenters. The van der Waals surface area contributed by atoms with E-state index in [-0.39, 0.29) is 5.82 Å². The maximum atomic E-state index is 12.3. The van der Waals surface area contributed by atoms with E-state index in [4.69, 9.17) is 0 Å². The lowest BCUT2D eigenvalue weighted by molar-refractivity contribution is 0.627. The molecular formula is C9H8F. The summed E-state index contributed by atoms with van der Waals surface area (Å²) in [6.07, 6.45) is 3.41. The lowest BCUT2D eigenvalue weighted by Gasteiger charge is -1.92. The Kier molecular flexibility index (Phi) is 2.21. The van der Waals surface area contributed by atoms with E-state index >= 15 is 0 Å². The second-order valence-electron chi connectivity index (χ2n) is 2.05. The van der Waals surface area contributed by atoms with Crippen LogP contribution in [-0.2, 0) is 6.42 Å². The predicted octanol–water partition coefficient (Wildman–Crippen LogP) is 2.36. The number of rotatable bonds is 2. The number of allylic oxidation sites excluding steroid dienone is 1. The van der Waals surface area contributed by atoms with Crippen molar-refractivity contribution in [2.75, 3.05) is 0 Å². The third-order valence-electron chi connectivity index (χ3n) is 1.24. The first-order valence-electron chi connectivity index (χ1n) is 3.07. The van der Waals surface area contributed by atoms with Crippen LogP contribution in [0.1, 0.15) is 5.56 Å². The van der Waals surface area contributed by atoms with Crippen LogP contribution in [0.5, 0.6) is 0 Å². The highest BCUT2D eigenvalue weighted by molar-refractivity contribution is 5.16. The Bertz CT molecular complexity index is 211. The Hall–Kier alpha value is -1.11. The normalized spacial score (nSPS) is 9.30. The summed E-state index contributed by atoms with van der Waals surface area (Å²) >= 11 is 0. The van der Waals surface area contributed by atoms with Gasteiger partial charge in [0.1, 0.15) is 5.82 Å². The molecule has 0 saturated heterocycles. The van der Waals surface area contributed by atoms with Gasteiger partial charge in [0.2, 0.25) is 0 Å². The van der Waals surface area contributed by atoms with Gasteiger partial charge in [-0.05, 0) is 30.2 Å². The smallest absolute Gasteiger partial charge is 0.123 e. The molecule has 0 amide bonds. The predicted molar refractivity (Wildman–Crippen MR) is 39.0 cm³/mol. The monoisotopic (exact) mass is 135 g/mol. The second-order valence-corrected chi connectivity index (χ2v) is 2.05. The Balaban J connectivity index is 2.78. The minimum absolute atomic E-state index is 0.201. The van der Waals surface area contributed by atoms with Crippen LogP contribution < -0.4 is 0 Å². The Labute approximate surface area is 60.0 Å². The highest BCUT2D eigenvalue weighted by atomic mass is 19.1. The van der Waals surface area contributed by atoms with Gasteiger partial charge in [0.15, 0.2) is 0 Å². The lowest BCUT2D eigenvalue weighted by atomic mass is 10.1. The summed E-state index contributed by atoms with van der Waals surface area (Å²) in [6, 6.07) is 6.33. The van der Waals surface area contributed by atoms with E-state index in [2.05, 4.69) is 12.7 Å². The largest absolute Gasteiger partial charge is 0.207 e. The second kappa shape index (κ2) is 3.16. The molecule has 0 aliphatic heterocycles. The van der Waals surface area contributed by atoms with Crippen LogP contribution in [-0.4, -0.2) is 0 Å². The number of hydrogen-bond acceptors (Lipinski definition) is 0. The van der Waals surface area contributed by atoms with Gasteiger partial charge in [-0.15, -0.1) is 0 Å². The first-order valence-corrected chi connectivity index (χ1v) is 3.07. The summed E-state index contributed by atoms with van der Waals surface area (Å²) in [5.41, 5.74) is 1.04. The fourth-order valence-corrected chi connectivity index (χ4v) is 0.747. The van der Waals surface area contributed by atoms with Crippen LogP contribution in [0.4, 0.5) is 4.39 Å². The van der Waals surface area contributed by atoms with Crippen molar-refractivity contribution in [3.05, 3.63) is 48.3 Å². The van der Waals surface area contributed by atoms with Crippen molar-refractivity contribution in [3.63, 3.8) is 0 Å². The van der Waals surface area contributed by atoms with Crippen molar-refractivity contribution in [2.24, 2.45) is 0 Å². The summed E-state index contributed by atoms with van der Waals surface area (Å²) in [6.45, 7) is 3.46. The number of halogens is 1. The van der Waals surface area contributed by atoms with E-state index in [1.807, 2.05) is 0 Å². The molecule has 0 aliphatic rings. The maximum absolute atomic E-state index is 12.3. The van der Waals surface area contributed by atoms with Gasteiger partial charge in [-0.2, -0.15) is 0 Å². The molecule has 0 heterocycles. The molecular weight excluding hydrogens is 127 g/mol. The summed E-state index contributed by atoms with van der Waals surface area (Å²) in [5, 5.41) is 0. The SMILES string of the molecule is C=[C]Cc1ccc(F)cc1. The minimum atomic E-state index is -0.201. The number of hydrogen-bond donors (Lipinski definition) is 0. The van der Waals surface area contributed by atoms with E-state index in [1.165, 1.54) is 12.1 Å². The standard InChI is InChI=1S/C9H8F/c1-2-3-8-4-6-9(10)7-5-8/h4-7H,1,3H2. The van der Waals surface area contributed by atoms with Crippen LogP contribution in [0, 0.1) is 11.9 Å². The van der Waals surface area contributed by atoms with Gasteiger partial charge in [0, 0.05) is 0 Å². The summed E-state index contributed by atoms with van der Waals surface area (Å²) in [4.78, 5) is 0. The van der Waals surface area contributed by atoms with E-state index in [0.29, 0.717) is 6.42 Å².